The molecule has 0 amide bonds. The first-order chi connectivity index (χ1) is 9.13. The summed E-state index contributed by atoms with van der Waals surface area (Å²) in [5, 5.41) is 12.3. The normalized spacial score (nSPS) is 21.9. The zero-order chi connectivity index (χ0) is 13.8. The van der Waals surface area contributed by atoms with Crippen molar-refractivity contribution in [1.82, 2.24) is 0 Å². The summed E-state index contributed by atoms with van der Waals surface area (Å²) in [5.74, 6) is 0.00767. The number of nitrogens with zero attached hydrogens (tertiary/aromatic N) is 1. The lowest BCUT2D eigenvalue weighted by atomic mass is 10.1. The number of ketones is 1. The van der Waals surface area contributed by atoms with Gasteiger partial charge in [0.15, 0.2) is 5.78 Å². The van der Waals surface area contributed by atoms with Gasteiger partial charge in [0.05, 0.1) is 17.7 Å². The van der Waals surface area contributed by atoms with E-state index in [1.54, 1.807) is 32.2 Å². The summed E-state index contributed by atoms with van der Waals surface area (Å²) in [4.78, 5) is 11.6. The van der Waals surface area contributed by atoms with Gasteiger partial charge < -0.3 is 10.1 Å². The number of hydrogen-bond acceptors (Lipinski definition) is 4. The van der Waals surface area contributed by atoms with Crippen molar-refractivity contribution in [3.05, 3.63) is 29.3 Å². The molecule has 1 aliphatic carbocycles. The van der Waals surface area contributed by atoms with Gasteiger partial charge in [-0.3, -0.25) is 4.79 Å². The summed E-state index contributed by atoms with van der Waals surface area (Å²) in [6, 6.07) is 7.54. The zero-order valence-corrected chi connectivity index (χ0v) is 11.3. The molecule has 2 unspecified atom stereocenters. The van der Waals surface area contributed by atoms with Crippen LogP contribution in [0.5, 0.6) is 0 Å². The average Bonchev–Trinajstić information content (AvgIpc) is 2.86. The highest BCUT2D eigenvalue weighted by Gasteiger charge is 2.25. The van der Waals surface area contributed by atoms with E-state index in [1.165, 1.54) is 0 Å². The zero-order valence-electron chi connectivity index (χ0n) is 11.3. The van der Waals surface area contributed by atoms with Crippen LogP contribution < -0.4 is 5.32 Å². The fraction of sp³-hybridized carbons (Fsp3) is 0.467. The second-order valence-corrected chi connectivity index (χ2v) is 4.94. The number of carbonyl (C=O) groups excluding carboxylic acids is 1. The molecule has 1 aromatic carbocycles. The van der Waals surface area contributed by atoms with Crippen LogP contribution in [-0.2, 0) is 4.74 Å². The van der Waals surface area contributed by atoms with Crippen molar-refractivity contribution in [3.63, 3.8) is 0 Å². The summed E-state index contributed by atoms with van der Waals surface area (Å²) in [7, 11) is 1.73. The summed E-state index contributed by atoms with van der Waals surface area (Å²) in [5.41, 5.74) is 1.96. The van der Waals surface area contributed by atoms with E-state index in [4.69, 9.17) is 10.00 Å². The lowest BCUT2D eigenvalue weighted by Crippen LogP contribution is -2.19. The van der Waals surface area contributed by atoms with Crippen molar-refractivity contribution in [3.8, 4) is 6.07 Å². The van der Waals surface area contributed by atoms with E-state index in [9.17, 15) is 4.79 Å². The molecular weight excluding hydrogens is 240 g/mol. The molecule has 0 heterocycles. The quantitative estimate of drug-likeness (QED) is 0.843. The van der Waals surface area contributed by atoms with Gasteiger partial charge in [-0.2, -0.15) is 5.26 Å². The molecular formula is C15H18N2O2. The molecule has 0 aliphatic heterocycles. The summed E-state index contributed by atoms with van der Waals surface area (Å²) < 4.78 is 5.34. The third-order valence-electron chi connectivity index (χ3n) is 3.61. The molecule has 2 rings (SSSR count). The molecule has 19 heavy (non-hydrogen) atoms. The standard InChI is InChI=1S/C15H18N2O2/c1-10(18)14-6-3-11(9-16)7-15(14)17-12-4-5-13(8-12)19-2/h3,6-7,12-13,17H,4-5,8H2,1-2H3. The topological polar surface area (TPSA) is 62.1 Å². The van der Waals surface area contributed by atoms with Gasteiger partial charge in [0.25, 0.3) is 0 Å². The molecule has 0 radical (unpaired) electrons. The molecule has 2 atom stereocenters. The Bertz CT molecular complexity index is 519. The molecule has 4 heteroatoms. The van der Waals surface area contributed by atoms with Crippen LogP contribution in [0.15, 0.2) is 18.2 Å². The number of anilines is 1. The monoisotopic (exact) mass is 258 g/mol. The van der Waals surface area contributed by atoms with Gasteiger partial charge >= 0.3 is 0 Å². The first-order valence-electron chi connectivity index (χ1n) is 6.48. The van der Waals surface area contributed by atoms with Crippen molar-refractivity contribution in [1.29, 1.82) is 5.26 Å². The van der Waals surface area contributed by atoms with Crippen molar-refractivity contribution in [2.45, 2.75) is 38.3 Å². The van der Waals surface area contributed by atoms with Crippen molar-refractivity contribution < 1.29 is 9.53 Å². The lowest BCUT2D eigenvalue weighted by Gasteiger charge is -2.17. The number of Topliss-reactive ketones (excluding diaryl/α,β-unsaturated/α-hetero) is 1. The van der Waals surface area contributed by atoms with E-state index in [-0.39, 0.29) is 11.9 Å². The van der Waals surface area contributed by atoms with Crippen LogP contribution in [-0.4, -0.2) is 25.0 Å². The van der Waals surface area contributed by atoms with Crippen LogP contribution >= 0.6 is 0 Å². The van der Waals surface area contributed by atoms with Gasteiger partial charge in [0.2, 0.25) is 0 Å². The molecule has 0 bridgehead atoms. The highest BCUT2D eigenvalue weighted by molar-refractivity contribution is 5.99. The smallest absolute Gasteiger partial charge is 0.161 e. The second-order valence-electron chi connectivity index (χ2n) is 4.94. The first-order valence-corrected chi connectivity index (χ1v) is 6.48. The van der Waals surface area contributed by atoms with E-state index in [1.807, 2.05) is 0 Å². The number of nitriles is 1. The Labute approximate surface area is 113 Å². The largest absolute Gasteiger partial charge is 0.382 e. The van der Waals surface area contributed by atoms with Crippen LogP contribution in [0, 0.1) is 11.3 Å². The van der Waals surface area contributed by atoms with E-state index >= 15 is 0 Å². The van der Waals surface area contributed by atoms with Gasteiger partial charge in [-0.05, 0) is 44.4 Å². The third kappa shape index (κ3) is 3.12. The maximum absolute atomic E-state index is 11.6. The van der Waals surface area contributed by atoms with Crippen LogP contribution in [0.25, 0.3) is 0 Å². The van der Waals surface area contributed by atoms with E-state index in [0.717, 1.165) is 24.9 Å². The average molecular weight is 258 g/mol. The van der Waals surface area contributed by atoms with Crippen LogP contribution in [0.2, 0.25) is 0 Å². The molecule has 4 nitrogen and oxygen atoms in total. The molecule has 1 aromatic rings. The Morgan fingerprint density at radius 3 is 2.84 bits per heavy atom. The van der Waals surface area contributed by atoms with Crippen LogP contribution in [0.3, 0.4) is 0 Å². The van der Waals surface area contributed by atoms with E-state index < -0.39 is 0 Å². The predicted molar refractivity (Wildman–Crippen MR) is 73.2 cm³/mol. The van der Waals surface area contributed by atoms with Gasteiger partial charge in [0, 0.05) is 24.4 Å². The maximum Gasteiger partial charge on any atom is 0.161 e. The highest BCUT2D eigenvalue weighted by atomic mass is 16.5. The number of ether oxygens (including phenoxy) is 1. The number of hydrogen-bond donors (Lipinski definition) is 1. The van der Waals surface area contributed by atoms with Crippen molar-refractivity contribution in [2.24, 2.45) is 0 Å². The summed E-state index contributed by atoms with van der Waals surface area (Å²) >= 11 is 0. The van der Waals surface area contributed by atoms with Gasteiger partial charge in [-0.25, -0.2) is 0 Å². The number of rotatable bonds is 4. The van der Waals surface area contributed by atoms with E-state index in [2.05, 4.69) is 11.4 Å². The lowest BCUT2D eigenvalue weighted by molar-refractivity contribution is 0.101. The maximum atomic E-state index is 11.6. The Hall–Kier alpha value is -1.86. The van der Waals surface area contributed by atoms with Crippen LogP contribution in [0.4, 0.5) is 5.69 Å². The summed E-state index contributed by atoms with van der Waals surface area (Å²) in [6.07, 6.45) is 3.27. The molecule has 1 fully saturated rings. The minimum absolute atomic E-state index is 0.00767. The van der Waals surface area contributed by atoms with Crippen molar-refractivity contribution in [2.75, 3.05) is 12.4 Å². The minimum atomic E-state index is 0.00767. The molecule has 0 aromatic heterocycles. The molecule has 100 valence electrons. The number of methoxy groups -OCH3 is 1. The van der Waals surface area contributed by atoms with Gasteiger partial charge in [0.1, 0.15) is 0 Å². The Morgan fingerprint density at radius 2 is 2.26 bits per heavy atom. The molecule has 1 saturated carbocycles. The molecule has 1 N–H and O–H groups in total. The van der Waals surface area contributed by atoms with E-state index in [0.29, 0.717) is 17.2 Å². The third-order valence-corrected chi connectivity index (χ3v) is 3.61. The Morgan fingerprint density at radius 1 is 1.47 bits per heavy atom. The predicted octanol–water partition coefficient (Wildman–Crippen LogP) is 2.74. The Kier molecular flexibility index (Phi) is 4.18. The summed E-state index contributed by atoms with van der Waals surface area (Å²) in [6.45, 7) is 1.54. The van der Waals surface area contributed by atoms with Gasteiger partial charge in [-0.15, -0.1) is 0 Å². The molecule has 0 spiro atoms. The fourth-order valence-corrected chi connectivity index (χ4v) is 2.55. The SMILES string of the molecule is COC1CCC(Nc2cc(C#N)ccc2C(C)=O)C1. The second kappa shape index (κ2) is 5.85. The highest BCUT2D eigenvalue weighted by Crippen LogP contribution is 2.27. The number of benzene rings is 1. The van der Waals surface area contributed by atoms with Crippen molar-refractivity contribution >= 4 is 11.5 Å². The molecule has 0 saturated heterocycles. The fourth-order valence-electron chi connectivity index (χ4n) is 2.55. The number of nitrogens with one attached hydrogen (secondary N) is 1. The first kappa shape index (κ1) is 13.6. The number of carbonyl (C=O) groups is 1. The minimum Gasteiger partial charge on any atom is -0.382 e. The molecule has 1 aliphatic rings. The van der Waals surface area contributed by atoms with Crippen LogP contribution in [0.1, 0.15) is 42.1 Å². The Balaban J connectivity index is 2.19. The van der Waals surface area contributed by atoms with Gasteiger partial charge in [-0.1, -0.05) is 0 Å².